The van der Waals surface area contributed by atoms with Gasteiger partial charge in [0, 0.05) is 19.2 Å². The Morgan fingerprint density at radius 2 is 2.33 bits per heavy atom. The summed E-state index contributed by atoms with van der Waals surface area (Å²) >= 11 is 0. The number of nitrogens with one attached hydrogen (secondary N) is 1. The molecular weight excluding hydrogens is 230 g/mol. The van der Waals surface area contributed by atoms with Gasteiger partial charge in [0.2, 0.25) is 0 Å². The molecule has 0 saturated carbocycles. The van der Waals surface area contributed by atoms with Crippen LogP contribution in [0.2, 0.25) is 0 Å². The minimum absolute atomic E-state index is 0.516. The Labute approximate surface area is 104 Å². The van der Waals surface area contributed by atoms with E-state index in [4.69, 9.17) is 4.52 Å². The third kappa shape index (κ3) is 1.86. The van der Waals surface area contributed by atoms with Crippen molar-refractivity contribution in [3.8, 4) is 11.5 Å². The van der Waals surface area contributed by atoms with E-state index >= 15 is 0 Å². The van der Waals surface area contributed by atoms with Gasteiger partial charge in [-0.15, -0.1) is 0 Å². The van der Waals surface area contributed by atoms with Crippen LogP contribution in [0.25, 0.3) is 17.0 Å². The van der Waals surface area contributed by atoms with Crippen LogP contribution in [0.3, 0.4) is 0 Å². The highest BCUT2D eigenvalue weighted by Gasteiger charge is 2.13. The maximum absolute atomic E-state index is 5.27. The van der Waals surface area contributed by atoms with Gasteiger partial charge < -0.3 is 9.84 Å². The second kappa shape index (κ2) is 4.58. The summed E-state index contributed by atoms with van der Waals surface area (Å²) in [6, 6.07) is 5.86. The van der Waals surface area contributed by atoms with Crippen molar-refractivity contribution >= 4 is 5.52 Å². The molecule has 0 aliphatic carbocycles. The van der Waals surface area contributed by atoms with Crippen LogP contribution in [0.1, 0.15) is 5.82 Å². The monoisotopic (exact) mass is 243 g/mol. The van der Waals surface area contributed by atoms with E-state index in [1.54, 1.807) is 10.7 Å². The molecule has 92 valence electrons. The molecule has 3 aromatic heterocycles. The van der Waals surface area contributed by atoms with Crippen LogP contribution < -0.4 is 5.32 Å². The normalized spacial score (nSPS) is 11.2. The maximum atomic E-state index is 5.27. The van der Waals surface area contributed by atoms with Crippen LogP contribution in [-0.2, 0) is 6.42 Å². The van der Waals surface area contributed by atoms with E-state index in [2.05, 4.69) is 20.6 Å². The van der Waals surface area contributed by atoms with E-state index < -0.39 is 0 Å². The predicted molar refractivity (Wildman–Crippen MR) is 66.1 cm³/mol. The smallest absolute Gasteiger partial charge is 0.261 e. The van der Waals surface area contributed by atoms with Crippen molar-refractivity contribution in [2.45, 2.75) is 6.42 Å². The summed E-state index contributed by atoms with van der Waals surface area (Å²) in [6.45, 7) is 0.827. The fourth-order valence-corrected chi connectivity index (χ4v) is 1.80. The van der Waals surface area contributed by atoms with E-state index in [1.165, 1.54) is 0 Å². The molecule has 0 amide bonds. The molecule has 0 atom stereocenters. The van der Waals surface area contributed by atoms with Crippen molar-refractivity contribution in [1.82, 2.24) is 25.1 Å². The highest BCUT2D eigenvalue weighted by atomic mass is 16.5. The van der Waals surface area contributed by atoms with Gasteiger partial charge in [-0.25, -0.2) is 4.52 Å². The highest BCUT2D eigenvalue weighted by molar-refractivity contribution is 5.74. The molecular formula is C12H13N5O. The Hall–Kier alpha value is -2.21. The van der Waals surface area contributed by atoms with Gasteiger partial charge in [-0.1, -0.05) is 11.2 Å². The van der Waals surface area contributed by atoms with Crippen molar-refractivity contribution in [2.24, 2.45) is 0 Å². The minimum atomic E-state index is 0.516. The summed E-state index contributed by atoms with van der Waals surface area (Å²) in [5.74, 6) is 1.22. The molecule has 18 heavy (non-hydrogen) atoms. The summed E-state index contributed by atoms with van der Waals surface area (Å²) in [7, 11) is 1.90. The van der Waals surface area contributed by atoms with Crippen LogP contribution in [0.15, 0.2) is 35.1 Å². The minimum Gasteiger partial charge on any atom is -0.334 e. The zero-order chi connectivity index (χ0) is 12.4. The van der Waals surface area contributed by atoms with Gasteiger partial charge in [0.15, 0.2) is 5.82 Å². The molecule has 0 aliphatic heterocycles. The lowest BCUT2D eigenvalue weighted by Gasteiger charge is -1.92. The maximum Gasteiger partial charge on any atom is 0.261 e. The average Bonchev–Trinajstić information content (AvgIpc) is 3.02. The number of hydrogen-bond donors (Lipinski definition) is 1. The van der Waals surface area contributed by atoms with E-state index in [0.717, 1.165) is 24.0 Å². The molecule has 6 nitrogen and oxygen atoms in total. The third-order valence-electron chi connectivity index (χ3n) is 2.72. The molecule has 0 aromatic carbocycles. The Bertz CT molecular complexity index is 657. The van der Waals surface area contributed by atoms with Crippen molar-refractivity contribution in [3.05, 3.63) is 36.4 Å². The molecule has 0 spiro atoms. The standard InChI is InChI=1S/C12H13N5O/c1-13-6-5-11-15-12(18-16-11)9-8-14-17-7-3-2-4-10(9)17/h2-4,7-8,13H,5-6H2,1H3. The number of aromatic nitrogens is 4. The number of likely N-dealkylation sites (N-methyl/N-ethyl adjacent to an activating group) is 1. The Morgan fingerprint density at radius 1 is 1.39 bits per heavy atom. The number of nitrogens with zero attached hydrogens (tertiary/aromatic N) is 4. The molecule has 0 saturated heterocycles. The summed E-state index contributed by atoms with van der Waals surface area (Å²) < 4.78 is 7.06. The van der Waals surface area contributed by atoms with Crippen LogP contribution >= 0.6 is 0 Å². The fourth-order valence-electron chi connectivity index (χ4n) is 1.80. The zero-order valence-electron chi connectivity index (χ0n) is 10.00. The number of rotatable bonds is 4. The number of pyridine rings is 1. The van der Waals surface area contributed by atoms with E-state index in [1.807, 2.05) is 31.4 Å². The first-order chi connectivity index (χ1) is 8.88. The second-order valence-corrected chi connectivity index (χ2v) is 3.96. The molecule has 3 rings (SSSR count). The number of fused-ring (bicyclic) bond motifs is 1. The molecule has 1 N–H and O–H groups in total. The Kier molecular flexibility index (Phi) is 2.77. The van der Waals surface area contributed by atoms with Gasteiger partial charge in [0.25, 0.3) is 5.89 Å². The third-order valence-corrected chi connectivity index (χ3v) is 2.72. The zero-order valence-corrected chi connectivity index (χ0v) is 10.00. The van der Waals surface area contributed by atoms with Gasteiger partial charge >= 0.3 is 0 Å². The first-order valence-electron chi connectivity index (χ1n) is 5.78. The van der Waals surface area contributed by atoms with Crippen molar-refractivity contribution in [2.75, 3.05) is 13.6 Å². The van der Waals surface area contributed by atoms with Crippen LogP contribution in [-0.4, -0.2) is 33.3 Å². The highest BCUT2D eigenvalue weighted by Crippen LogP contribution is 2.22. The number of hydrogen-bond acceptors (Lipinski definition) is 5. The topological polar surface area (TPSA) is 68.2 Å². The van der Waals surface area contributed by atoms with E-state index in [0.29, 0.717) is 11.7 Å². The first kappa shape index (κ1) is 10.9. The summed E-state index contributed by atoms with van der Waals surface area (Å²) in [6.07, 6.45) is 4.38. The van der Waals surface area contributed by atoms with Crippen LogP contribution in [0.4, 0.5) is 0 Å². The molecule has 0 fully saturated rings. The lowest BCUT2D eigenvalue weighted by atomic mass is 10.2. The quantitative estimate of drug-likeness (QED) is 0.744. The summed E-state index contributed by atoms with van der Waals surface area (Å²) in [5, 5.41) is 11.2. The Morgan fingerprint density at radius 3 is 3.22 bits per heavy atom. The molecule has 0 radical (unpaired) electrons. The molecule has 6 heteroatoms. The van der Waals surface area contributed by atoms with Crippen molar-refractivity contribution in [1.29, 1.82) is 0 Å². The van der Waals surface area contributed by atoms with E-state index in [9.17, 15) is 0 Å². The van der Waals surface area contributed by atoms with Gasteiger partial charge in [0.05, 0.1) is 17.3 Å². The van der Waals surface area contributed by atoms with Crippen LogP contribution in [0.5, 0.6) is 0 Å². The lowest BCUT2D eigenvalue weighted by molar-refractivity contribution is 0.422. The molecule has 0 unspecified atom stereocenters. The first-order valence-corrected chi connectivity index (χ1v) is 5.78. The SMILES string of the molecule is CNCCc1noc(-c2cnn3ccccc23)n1. The van der Waals surface area contributed by atoms with Crippen molar-refractivity contribution in [3.63, 3.8) is 0 Å². The predicted octanol–water partition coefficient (Wildman–Crippen LogP) is 1.15. The van der Waals surface area contributed by atoms with Crippen molar-refractivity contribution < 1.29 is 4.52 Å². The fraction of sp³-hybridized carbons (Fsp3) is 0.250. The van der Waals surface area contributed by atoms with Gasteiger partial charge in [-0.2, -0.15) is 10.1 Å². The van der Waals surface area contributed by atoms with E-state index in [-0.39, 0.29) is 0 Å². The van der Waals surface area contributed by atoms with Gasteiger partial charge in [-0.05, 0) is 19.2 Å². The molecule has 0 aliphatic rings. The van der Waals surface area contributed by atoms with Gasteiger partial charge in [0.1, 0.15) is 0 Å². The van der Waals surface area contributed by atoms with Gasteiger partial charge in [-0.3, -0.25) is 0 Å². The second-order valence-electron chi connectivity index (χ2n) is 3.96. The largest absolute Gasteiger partial charge is 0.334 e. The lowest BCUT2D eigenvalue weighted by Crippen LogP contribution is -2.10. The van der Waals surface area contributed by atoms with Crippen LogP contribution in [0, 0.1) is 0 Å². The molecule has 3 aromatic rings. The Balaban J connectivity index is 1.96. The molecule has 3 heterocycles. The summed E-state index contributed by atoms with van der Waals surface area (Å²) in [5.41, 5.74) is 1.82. The molecule has 0 bridgehead atoms. The average molecular weight is 243 g/mol. The summed E-state index contributed by atoms with van der Waals surface area (Å²) in [4.78, 5) is 4.37.